The number of nitrogens with zero attached hydrogens (tertiary/aromatic N) is 3. The highest BCUT2D eigenvalue weighted by Crippen LogP contribution is 2.29. The number of hydrogen-bond acceptors (Lipinski definition) is 4. The molecule has 0 aliphatic carbocycles. The summed E-state index contributed by atoms with van der Waals surface area (Å²) in [7, 11) is 0. The van der Waals surface area contributed by atoms with Gasteiger partial charge in [0, 0.05) is 29.8 Å². The van der Waals surface area contributed by atoms with Crippen LogP contribution >= 0.6 is 15.9 Å². The molecule has 1 aromatic carbocycles. The van der Waals surface area contributed by atoms with Crippen LogP contribution in [0.4, 0.5) is 11.5 Å². The van der Waals surface area contributed by atoms with E-state index in [-0.39, 0.29) is 0 Å². The number of nitrogens with one attached hydrogen (secondary N) is 1. The zero-order chi connectivity index (χ0) is 14.8. The first-order chi connectivity index (χ1) is 10.1. The summed E-state index contributed by atoms with van der Waals surface area (Å²) in [6, 6.07) is 8.78. The van der Waals surface area contributed by atoms with Crippen molar-refractivity contribution >= 4 is 27.4 Å². The molecule has 1 aliphatic heterocycles. The molecular formula is C16H19BrN4. The Hall–Kier alpha value is -1.62. The average Bonchev–Trinajstić information content (AvgIpc) is 2.92. The summed E-state index contributed by atoms with van der Waals surface area (Å²) in [6.07, 6.45) is 2.92. The first-order valence-electron chi connectivity index (χ1n) is 7.20. The van der Waals surface area contributed by atoms with Crippen molar-refractivity contribution in [3.8, 4) is 0 Å². The highest BCUT2D eigenvalue weighted by Gasteiger charge is 2.24. The number of benzene rings is 1. The van der Waals surface area contributed by atoms with Crippen molar-refractivity contribution in [2.45, 2.75) is 26.3 Å². The van der Waals surface area contributed by atoms with Gasteiger partial charge in [-0.15, -0.1) is 0 Å². The van der Waals surface area contributed by atoms with E-state index in [4.69, 9.17) is 0 Å². The molecule has 0 amide bonds. The molecule has 5 heteroatoms. The number of hydrogen-bond donors (Lipinski definition) is 1. The minimum Gasteiger partial charge on any atom is -0.368 e. The Morgan fingerprint density at radius 3 is 2.90 bits per heavy atom. The molecule has 1 N–H and O–H groups in total. The topological polar surface area (TPSA) is 41.1 Å². The molecule has 1 saturated heterocycles. The van der Waals surface area contributed by atoms with Crippen LogP contribution < -0.4 is 10.2 Å². The molecule has 2 heterocycles. The molecule has 0 bridgehead atoms. The molecular weight excluding hydrogens is 328 g/mol. The lowest BCUT2D eigenvalue weighted by Crippen LogP contribution is -2.27. The maximum Gasteiger partial charge on any atom is 0.148 e. The van der Waals surface area contributed by atoms with Gasteiger partial charge in [-0.05, 0) is 48.3 Å². The van der Waals surface area contributed by atoms with Crippen LogP contribution in [0, 0.1) is 13.8 Å². The number of anilines is 2. The maximum absolute atomic E-state index is 4.55. The molecule has 21 heavy (non-hydrogen) atoms. The third-order valence-electron chi connectivity index (χ3n) is 3.80. The second-order valence-corrected chi connectivity index (χ2v) is 6.33. The normalized spacial score (nSPS) is 18.0. The summed E-state index contributed by atoms with van der Waals surface area (Å²) < 4.78 is 1.15. The summed E-state index contributed by atoms with van der Waals surface area (Å²) in [4.78, 5) is 11.3. The summed E-state index contributed by atoms with van der Waals surface area (Å²) in [5.74, 6) is 0.911. The monoisotopic (exact) mass is 346 g/mol. The fourth-order valence-corrected chi connectivity index (χ4v) is 3.21. The van der Waals surface area contributed by atoms with Crippen LogP contribution in [0.25, 0.3) is 0 Å². The largest absolute Gasteiger partial charge is 0.368 e. The maximum atomic E-state index is 4.55. The quantitative estimate of drug-likeness (QED) is 0.922. The van der Waals surface area contributed by atoms with Crippen LogP contribution in [0.1, 0.15) is 17.8 Å². The summed E-state index contributed by atoms with van der Waals surface area (Å²) in [5.41, 5.74) is 3.16. The van der Waals surface area contributed by atoms with E-state index in [1.807, 2.05) is 26.1 Å². The Morgan fingerprint density at radius 1 is 1.29 bits per heavy atom. The van der Waals surface area contributed by atoms with Crippen LogP contribution in [-0.2, 0) is 0 Å². The zero-order valence-electron chi connectivity index (χ0n) is 12.3. The van der Waals surface area contributed by atoms with Crippen molar-refractivity contribution in [3.63, 3.8) is 0 Å². The Kier molecular flexibility index (Phi) is 4.10. The van der Waals surface area contributed by atoms with Crippen molar-refractivity contribution in [3.05, 3.63) is 46.3 Å². The molecule has 4 nitrogen and oxygen atoms in total. The summed E-state index contributed by atoms with van der Waals surface area (Å²) in [6.45, 7) is 6.01. The highest BCUT2D eigenvalue weighted by atomic mass is 79.9. The third kappa shape index (κ3) is 3.18. The van der Waals surface area contributed by atoms with Crippen molar-refractivity contribution < 1.29 is 0 Å². The number of rotatable bonds is 3. The van der Waals surface area contributed by atoms with E-state index < -0.39 is 0 Å². The van der Waals surface area contributed by atoms with Gasteiger partial charge in [-0.25, -0.2) is 4.98 Å². The molecule has 1 aliphatic rings. The van der Waals surface area contributed by atoms with Crippen LogP contribution in [0.5, 0.6) is 0 Å². The van der Waals surface area contributed by atoms with Gasteiger partial charge in [-0.2, -0.15) is 0 Å². The van der Waals surface area contributed by atoms with Crippen LogP contribution in [-0.4, -0.2) is 29.1 Å². The number of aromatic nitrogens is 2. The van der Waals surface area contributed by atoms with Gasteiger partial charge in [0.1, 0.15) is 5.82 Å². The minimum atomic E-state index is 0.409. The van der Waals surface area contributed by atoms with Gasteiger partial charge in [-0.3, -0.25) is 4.98 Å². The van der Waals surface area contributed by atoms with E-state index in [1.165, 1.54) is 5.69 Å². The number of para-hydroxylation sites is 1. The predicted octanol–water partition coefficient (Wildman–Crippen LogP) is 3.55. The van der Waals surface area contributed by atoms with Gasteiger partial charge < -0.3 is 10.2 Å². The Morgan fingerprint density at radius 2 is 2.10 bits per heavy atom. The molecule has 110 valence electrons. The number of aryl methyl sites for hydroxylation is 2. The molecule has 3 rings (SSSR count). The Labute approximate surface area is 133 Å². The zero-order valence-corrected chi connectivity index (χ0v) is 13.9. The average molecular weight is 347 g/mol. The third-order valence-corrected chi connectivity index (χ3v) is 4.47. The van der Waals surface area contributed by atoms with Crippen molar-refractivity contribution in [2.75, 3.05) is 23.3 Å². The van der Waals surface area contributed by atoms with Gasteiger partial charge in [0.05, 0.1) is 17.1 Å². The lowest BCUT2D eigenvalue weighted by Gasteiger charge is -2.21. The number of halogens is 1. The van der Waals surface area contributed by atoms with Crippen LogP contribution in [0.15, 0.2) is 34.9 Å². The molecule has 2 aromatic rings. The van der Waals surface area contributed by atoms with Gasteiger partial charge in [0.2, 0.25) is 0 Å². The van der Waals surface area contributed by atoms with E-state index in [9.17, 15) is 0 Å². The molecule has 1 atom stereocenters. The van der Waals surface area contributed by atoms with Crippen molar-refractivity contribution in [1.29, 1.82) is 0 Å². The van der Waals surface area contributed by atoms with Gasteiger partial charge in [-0.1, -0.05) is 12.1 Å². The highest BCUT2D eigenvalue weighted by molar-refractivity contribution is 9.10. The summed E-state index contributed by atoms with van der Waals surface area (Å²) in [5, 5.41) is 3.54. The Balaban J connectivity index is 1.70. The van der Waals surface area contributed by atoms with Crippen LogP contribution in [0.2, 0.25) is 0 Å². The molecule has 1 unspecified atom stereocenters. The fourth-order valence-electron chi connectivity index (χ4n) is 2.67. The molecule has 0 radical (unpaired) electrons. The van der Waals surface area contributed by atoms with E-state index in [0.717, 1.165) is 41.2 Å². The minimum absolute atomic E-state index is 0.409. The summed E-state index contributed by atoms with van der Waals surface area (Å²) >= 11 is 3.63. The lowest BCUT2D eigenvalue weighted by atomic mass is 10.2. The van der Waals surface area contributed by atoms with Crippen LogP contribution in [0.3, 0.4) is 0 Å². The molecule has 1 aromatic heterocycles. The first kappa shape index (κ1) is 14.3. The smallest absolute Gasteiger partial charge is 0.148 e. The van der Waals surface area contributed by atoms with E-state index in [2.05, 4.69) is 54.3 Å². The SMILES string of the molecule is Cc1cnc(C)c(NC2CCN(c3ccccc3Br)C2)n1. The first-order valence-corrected chi connectivity index (χ1v) is 7.99. The standard InChI is InChI=1S/C16H19BrN4/c1-11-9-18-12(2)16(19-11)20-13-7-8-21(10-13)15-6-4-3-5-14(15)17/h3-6,9,13H,7-8,10H2,1-2H3,(H,19,20). The van der Waals surface area contributed by atoms with E-state index >= 15 is 0 Å². The fraction of sp³-hybridized carbons (Fsp3) is 0.375. The van der Waals surface area contributed by atoms with Gasteiger partial charge in [0.25, 0.3) is 0 Å². The van der Waals surface area contributed by atoms with E-state index in [0.29, 0.717) is 6.04 Å². The predicted molar refractivity (Wildman–Crippen MR) is 89.9 cm³/mol. The van der Waals surface area contributed by atoms with Crippen molar-refractivity contribution in [2.24, 2.45) is 0 Å². The van der Waals surface area contributed by atoms with Gasteiger partial charge >= 0.3 is 0 Å². The lowest BCUT2D eigenvalue weighted by molar-refractivity contribution is 0.794. The van der Waals surface area contributed by atoms with Crippen molar-refractivity contribution in [1.82, 2.24) is 9.97 Å². The Bertz CT molecular complexity index is 644. The second-order valence-electron chi connectivity index (χ2n) is 5.47. The molecule has 0 saturated carbocycles. The molecule has 1 fully saturated rings. The van der Waals surface area contributed by atoms with Gasteiger partial charge in [0.15, 0.2) is 0 Å². The van der Waals surface area contributed by atoms with E-state index in [1.54, 1.807) is 0 Å². The second kappa shape index (κ2) is 6.02. The molecule has 0 spiro atoms.